The van der Waals surface area contributed by atoms with Crippen molar-refractivity contribution in [3.63, 3.8) is 0 Å². The maximum absolute atomic E-state index is 11.5. The van der Waals surface area contributed by atoms with E-state index in [1.165, 1.54) is 4.70 Å². The van der Waals surface area contributed by atoms with Gasteiger partial charge in [-0.15, -0.1) is 0 Å². The normalized spacial score (nSPS) is 15.0. The van der Waals surface area contributed by atoms with Crippen LogP contribution in [-0.4, -0.2) is 54.2 Å². The van der Waals surface area contributed by atoms with Crippen LogP contribution in [0.5, 0.6) is 5.75 Å². The number of pyridine rings is 1. The second-order valence-electron chi connectivity index (χ2n) is 7.92. The molecule has 160 valence electrons. The Kier molecular flexibility index (Phi) is 5.86. The van der Waals surface area contributed by atoms with E-state index in [1.807, 2.05) is 30.3 Å². The van der Waals surface area contributed by atoms with E-state index in [0.717, 1.165) is 72.9 Å². The van der Waals surface area contributed by atoms with Gasteiger partial charge in [-0.25, -0.2) is 4.98 Å². The molecule has 1 aliphatic rings. The number of hydrogen-bond acceptors (Lipinski definition) is 6. The lowest BCUT2D eigenvalue weighted by Gasteiger charge is -2.34. The van der Waals surface area contributed by atoms with Crippen molar-refractivity contribution in [3.8, 4) is 5.75 Å². The Hall–Kier alpha value is -2.90. The number of ether oxygens (including phenoxy) is 1. The Bertz CT molecular complexity index is 1190. The van der Waals surface area contributed by atoms with Gasteiger partial charge >= 0.3 is 0 Å². The van der Waals surface area contributed by atoms with Gasteiger partial charge in [-0.2, -0.15) is 0 Å². The molecule has 1 aliphatic heterocycles. The first-order valence-corrected chi connectivity index (χ1v) is 11.6. The largest absolute Gasteiger partial charge is 0.494 e. The number of para-hydroxylation sites is 1. The number of benzene rings is 2. The number of aromatic nitrogens is 2. The highest BCUT2D eigenvalue weighted by Gasteiger charge is 2.19. The molecule has 0 amide bonds. The minimum absolute atomic E-state index is 0.0899. The molecule has 3 heterocycles. The van der Waals surface area contributed by atoms with Crippen LogP contribution in [0.3, 0.4) is 0 Å². The van der Waals surface area contributed by atoms with Crippen LogP contribution in [-0.2, 0) is 0 Å². The van der Waals surface area contributed by atoms with Crippen molar-refractivity contribution >= 4 is 37.6 Å². The lowest BCUT2D eigenvalue weighted by molar-refractivity contribution is 0.238. The van der Waals surface area contributed by atoms with Crippen LogP contribution < -0.4 is 15.2 Å². The number of nitrogens with one attached hydrogen (secondary N) is 1. The summed E-state index contributed by atoms with van der Waals surface area (Å²) in [4.78, 5) is 24.1. The van der Waals surface area contributed by atoms with Gasteiger partial charge in [0.2, 0.25) is 5.56 Å². The van der Waals surface area contributed by atoms with Crippen molar-refractivity contribution in [2.45, 2.75) is 12.8 Å². The van der Waals surface area contributed by atoms with Crippen LogP contribution >= 0.6 is 11.3 Å². The van der Waals surface area contributed by atoms with Gasteiger partial charge in [0.1, 0.15) is 5.75 Å². The number of H-pyrrole nitrogens is 1. The Morgan fingerprint density at radius 2 is 1.84 bits per heavy atom. The number of anilines is 1. The molecule has 6 nitrogen and oxygen atoms in total. The van der Waals surface area contributed by atoms with E-state index >= 15 is 0 Å². The average molecular weight is 435 g/mol. The number of thiazole rings is 1. The zero-order valence-electron chi connectivity index (χ0n) is 17.4. The van der Waals surface area contributed by atoms with Gasteiger partial charge in [0.25, 0.3) is 0 Å². The first kappa shape index (κ1) is 20.0. The predicted octanol–water partition coefficient (Wildman–Crippen LogP) is 4.12. The summed E-state index contributed by atoms with van der Waals surface area (Å²) >= 11 is 1.79. The topological polar surface area (TPSA) is 61.5 Å². The van der Waals surface area contributed by atoms with Crippen molar-refractivity contribution in [2.24, 2.45) is 0 Å². The molecular weight excluding hydrogens is 408 g/mol. The maximum Gasteiger partial charge on any atom is 0.248 e. The van der Waals surface area contributed by atoms with Gasteiger partial charge in [-0.05, 0) is 55.1 Å². The molecule has 0 radical (unpaired) electrons. The van der Waals surface area contributed by atoms with Crippen molar-refractivity contribution in [3.05, 3.63) is 65.0 Å². The van der Waals surface area contributed by atoms with Gasteiger partial charge < -0.3 is 14.6 Å². The second-order valence-corrected chi connectivity index (χ2v) is 8.93. The summed E-state index contributed by atoms with van der Waals surface area (Å²) in [5.74, 6) is 0.804. The monoisotopic (exact) mass is 434 g/mol. The lowest BCUT2D eigenvalue weighted by Crippen LogP contribution is -2.46. The van der Waals surface area contributed by atoms with Crippen molar-refractivity contribution in [1.29, 1.82) is 0 Å². The smallest absolute Gasteiger partial charge is 0.248 e. The summed E-state index contributed by atoms with van der Waals surface area (Å²) in [5.41, 5.74) is 1.83. The Morgan fingerprint density at radius 3 is 2.71 bits per heavy atom. The van der Waals surface area contributed by atoms with Crippen LogP contribution in [0, 0.1) is 0 Å². The fraction of sp³-hybridized carbons (Fsp3) is 0.333. The van der Waals surface area contributed by atoms with Crippen LogP contribution in [0.15, 0.2) is 59.4 Å². The lowest BCUT2D eigenvalue weighted by atomic mass is 10.2. The van der Waals surface area contributed by atoms with Gasteiger partial charge in [0.05, 0.1) is 22.3 Å². The molecule has 1 fully saturated rings. The molecule has 0 bridgehead atoms. The molecule has 0 spiro atoms. The quantitative estimate of drug-likeness (QED) is 0.444. The number of rotatable bonds is 7. The average Bonchev–Trinajstić information content (AvgIpc) is 3.23. The third-order valence-electron chi connectivity index (χ3n) is 5.76. The Morgan fingerprint density at radius 1 is 1.00 bits per heavy atom. The second kappa shape index (κ2) is 9.08. The first-order valence-electron chi connectivity index (χ1n) is 10.8. The zero-order valence-corrected chi connectivity index (χ0v) is 18.2. The van der Waals surface area contributed by atoms with E-state index in [0.29, 0.717) is 6.61 Å². The van der Waals surface area contributed by atoms with Gasteiger partial charge in [0.15, 0.2) is 5.13 Å². The number of aromatic amines is 1. The van der Waals surface area contributed by atoms with Crippen molar-refractivity contribution in [1.82, 2.24) is 14.9 Å². The molecule has 1 N–H and O–H groups in total. The molecule has 0 unspecified atom stereocenters. The van der Waals surface area contributed by atoms with E-state index < -0.39 is 0 Å². The van der Waals surface area contributed by atoms with E-state index in [9.17, 15) is 4.79 Å². The van der Waals surface area contributed by atoms with Crippen LogP contribution in [0.2, 0.25) is 0 Å². The van der Waals surface area contributed by atoms with E-state index in [2.05, 4.69) is 33.0 Å². The molecule has 0 atom stereocenters. The number of unbranched alkanes of at least 4 members (excludes halogenated alkanes) is 1. The van der Waals surface area contributed by atoms with Crippen LogP contribution in [0.4, 0.5) is 5.13 Å². The van der Waals surface area contributed by atoms with Gasteiger partial charge in [-0.3, -0.25) is 9.69 Å². The molecule has 1 saturated heterocycles. The zero-order chi connectivity index (χ0) is 21.0. The standard InChI is InChI=1S/C24H26N4O2S/c29-23-10-8-18-7-9-19(17-21(18)25-23)30-16-4-3-11-27-12-14-28(15-13-27)24-26-20-5-1-2-6-22(20)31-24/h1-2,5-10,17H,3-4,11-16H2,(H,25,29). The van der Waals surface area contributed by atoms with Crippen molar-refractivity contribution < 1.29 is 4.74 Å². The Balaban J connectivity index is 1.04. The van der Waals surface area contributed by atoms with E-state index in [4.69, 9.17) is 9.72 Å². The highest BCUT2D eigenvalue weighted by molar-refractivity contribution is 7.22. The molecule has 2 aromatic heterocycles. The molecule has 7 heteroatoms. The third kappa shape index (κ3) is 4.73. The summed E-state index contributed by atoms with van der Waals surface area (Å²) in [7, 11) is 0. The molecule has 0 saturated carbocycles. The SMILES string of the molecule is O=c1ccc2ccc(OCCCCN3CCN(c4nc5ccccc5s4)CC3)cc2[nH]1. The molecular formula is C24H26N4O2S. The fourth-order valence-corrected chi connectivity index (χ4v) is 5.02. The summed E-state index contributed by atoms with van der Waals surface area (Å²) in [6.07, 6.45) is 2.13. The highest BCUT2D eigenvalue weighted by Crippen LogP contribution is 2.29. The number of hydrogen-bond donors (Lipinski definition) is 1. The molecule has 2 aromatic carbocycles. The van der Waals surface area contributed by atoms with Gasteiger partial charge in [0, 0.05) is 38.3 Å². The third-order valence-corrected chi connectivity index (χ3v) is 6.86. The first-order chi connectivity index (χ1) is 15.2. The van der Waals surface area contributed by atoms with Crippen LogP contribution in [0.25, 0.3) is 21.1 Å². The van der Waals surface area contributed by atoms with Gasteiger partial charge in [-0.1, -0.05) is 23.5 Å². The molecule has 5 rings (SSSR count). The minimum atomic E-state index is -0.0899. The molecule has 4 aromatic rings. The minimum Gasteiger partial charge on any atom is -0.494 e. The fourth-order valence-electron chi connectivity index (χ4n) is 4.00. The van der Waals surface area contributed by atoms with E-state index in [-0.39, 0.29) is 5.56 Å². The number of fused-ring (bicyclic) bond motifs is 2. The highest BCUT2D eigenvalue weighted by atomic mass is 32.1. The Labute approximate surface area is 185 Å². The summed E-state index contributed by atoms with van der Waals surface area (Å²) < 4.78 is 7.15. The molecule has 31 heavy (non-hydrogen) atoms. The summed E-state index contributed by atoms with van der Waals surface area (Å²) in [5, 5.41) is 2.16. The number of piperazine rings is 1. The van der Waals surface area contributed by atoms with Crippen LogP contribution in [0.1, 0.15) is 12.8 Å². The summed E-state index contributed by atoms with van der Waals surface area (Å²) in [6, 6.07) is 17.6. The predicted molar refractivity (Wildman–Crippen MR) is 128 cm³/mol. The van der Waals surface area contributed by atoms with Crippen molar-refractivity contribution in [2.75, 3.05) is 44.2 Å². The molecule has 0 aliphatic carbocycles. The maximum atomic E-state index is 11.5. The summed E-state index contributed by atoms with van der Waals surface area (Å²) in [6.45, 7) is 6.01. The van der Waals surface area contributed by atoms with E-state index in [1.54, 1.807) is 17.4 Å². The number of nitrogens with zero attached hydrogens (tertiary/aromatic N) is 3.